The van der Waals surface area contributed by atoms with E-state index in [1.807, 2.05) is 0 Å². The number of nitrogens with zero attached hydrogens (tertiary/aromatic N) is 4. The fourth-order valence-corrected chi connectivity index (χ4v) is 3.05. The predicted molar refractivity (Wildman–Crippen MR) is 110 cm³/mol. The van der Waals surface area contributed by atoms with Crippen molar-refractivity contribution in [1.29, 1.82) is 0 Å². The van der Waals surface area contributed by atoms with Gasteiger partial charge < -0.3 is 14.6 Å². The molecular formula is C20H21ClN4O4. The van der Waals surface area contributed by atoms with Gasteiger partial charge >= 0.3 is 12.0 Å². The summed E-state index contributed by atoms with van der Waals surface area (Å²) in [7, 11) is 1.46. The summed E-state index contributed by atoms with van der Waals surface area (Å²) in [5.74, 6) is -0.295. The van der Waals surface area contributed by atoms with Crippen LogP contribution in [0.4, 0.5) is 0 Å². The molecule has 0 fully saturated rings. The second kappa shape index (κ2) is 9.02. The van der Waals surface area contributed by atoms with E-state index in [0.29, 0.717) is 34.2 Å². The molecule has 9 heteroatoms. The first-order valence-corrected chi connectivity index (χ1v) is 9.38. The Kier molecular flexibility index (Phi) is 6.46. The molecule has 0 spiro atoms. The third-order valence-electron chi connectivity index (χ3n) is 4.24. The highest BCUT2D eigenvalue weighted by atomic mass is 35.5. The molecular weight excluding hydrogens is 396 g/mol. The van der Waals surface area contributed by atoms with E-state index in [0.717, 1.165) is 0 Å². The van der Waals surface area contributed by atoms with Gasteiger partial charge in [0.15, 0.2) is 11.5 Å². The molecule has 1 atom stereocenters. The summed E-state index contributed by atoms with van der Waals surface area (Å²) in [6.45, 7) is 3.97. The highest BCUT2D eigenvalue weighted by Gasteiger charge is 2.30. The Labute approximate surface area is 173 Å². The quantitative estimate of drug-likeness (QED) is 0.772. The molecule has 29 heavy (non-hydrogen) atoms. The van der Waals surface area contributed by atoms with E-state index >= 15 is 0 Å². The second-order valence-corrected chi connectivity index (χ2v) is 6.57. The Morgan fingerprint density at radius 1 is 1.34 bits per heavy atom. The van der Waals surface area contributed by atoms with Gasteiger partial charge in [-0.2, -0.15) is 10.1 Å². The number of aromatic nitrogens is 2. The molecule has 1 aliphatic heterocycles. The van der Waals surface area contributed by atoms with Crippen LogP contribution in [0.1, 0.15) is 40.3 Å². The van der Waals surface area contributed by atoms with Crippen LogP contribution in [0.2, 0.25) is 5.02 Å². The van der Waals surface area contributed by atoms with Crippen molar-refractivity contribution >= 4 is 29.4 Å². The average molecular weight is 417 g/mol. The van der Waals surface area contributed by atoms with Gasteiger partial charge in [-0.05, 0) is 37.6 Å². The SMILES string of the molecule is CCOC(=O)c1c(C(O)c2ccc(Cl)cc2)c(C)nn1C1=NC(OC)=NCC=C1. The average Bonchev–Trinajstić information content (AvgIpc) is 2.89. The monoisotopic (exact) mass is 416 g/mol. The summed E-state index contributed by atoms with van der Waals surface area (Å²) < 4.78 is 11.7. The minimum Gasteiger partial charge on any atom is -0.467 e. The Morgan fingerprint density at radius 3 is 2.72 bits per heavy atom. The van der Waals surface area contributed by atoms with Gasteiger partial charge in [0.05, 0.1) is 26.0 Å². The van der Waals surface area contributed by atoms with Gasteiger partial charge in [-0.15, -0.1) is 0 Å². The molecule has 8 nitrogen and oxygen atoms in total. The lowest BCUT2D eigenvalue weighted by Crippen LogP contribution is -2.22. The van der Waals surface area contributed by atoms with Gasteiger partial charge in [0.1, 0.15) is 6.10 Å². The van der Waals surface area contributed by atoms with Gasteiger partial charge in [-0.25, -0.2) is 14.5 Å². The lowest BCUT2D eigenvalue weighted by Gasteiger charge is -2.14. The Bertz CT molecular complexity index is 993. The number of aliphatic imine (C=N–C) groups is 2. The standard InChI is InChI=1S/C20H21ClN4O4/c1-4-29-19(27)17-16(18(26)13-7-9-14(21)10-8-13)12(2)24-25(17)15-6-5-11-22-20(23-15)28-3/h5-10,18,26H,4,11H2,1-3H3. The van der Waals surface area contributed by atoms with Crippen molar-refractivity contribution < 1.29 is 19.4 Å². The van der Waals surface area contributed by atoms with Crippen LogP contribution in [0.15, 0.2) is 46.4 Å². The van der Waals surface area contributed by atoms with Crippen molar-refractivity contribution in [3.8, 4) is 0 Å². The van der Waals surface area contributed by atoms with E-state index in [4.69, 9.17) is 21.1 Å². The number of carbonyl (C=O) groups excluding carboxylic acids is 1. The highest BCUT2D eigenvalue weighted by Crippen LogP contribution is 2.29. The molecule has 0 radical (unpaired) electrons. The minimum atomic E-state index is -1.11. The van der Waals surface area contributed by atoms with Gasteiger partial charge in [-0.3, -0.25) is 0 Å². The van der Waals surface area contributed by atoms with E-state index in [-0.39, 0.29) is 18.3 Å². The maximum Gasteiger partial charge on any atom is 0.357 e. The zero-order valence-corrected chi connectivity index (χ0v) is 17.1. The number of esters is 1. The summed E-state index contributed by atoms with van der Waals surface area (Å²) in [5.41, 5.74) is 1.46. The Hall–Kier alpha value is -2.97. The van der Waals surface area contributed by atoms with Crippen LogP contribution in [0.25, 0.3) is 0 Å². The van der Waals surface area contributed by atoms with Crippen LogP contribution in [-0.4, -0.2) is 53.0 Å². The molecule has 0 aliphatic carbocycles. The molecule has 1 aliphatic rings. The first-order chi connectivity index (χ1) is 14.0. The molecule has 1 aromatic heterocycles. The number of carbonyl (C=O) groups is 1. The number of benzene rings is 1. The fourth-order valence-electron chi connectivity index (χ4n) is 2.93. The molecule has 3 rings (SSSR count). The molecule has 152 valence electrons. The summed E-state index contributed by atoms with van der Waals surface area (Å²) in [4.78, 5) is 21.3. The van der Waals surface area contributed by atoms with Crippen molar-refractivity contribution in [2.45, 2.75) is 20.0 Å². The molecule has 1 unspecified atom stereocenters. The zero-order valence-electron chi connectivity index (χ0n) is 16.3. The second-order valence-electron chi connectivity index (χ2n) is 6.13. The molecule has 0 saturated heterocycles. The number of aliphatic hydroxyl groups excluding tert-OH is 1. The molecule has 2 aromatic rings. The van der Waals surface area contributed by atoms with Crippen LogP contribution in [0, 0.1) is 6.92 Å². The Balaban J connectivity index is 2.17. The van der Waals surface area contributed by atoms with Crippen molar-refractivity contribution in [1.82, 2.24) is 9.78 Å². The topological polar surface area (TPSA) is 98.3 Å². The zero-order chi connectivity index (χ0) is 21.0. The van der Waals surface area contributed by atoms with Crippen molar-refractivity contribution in [3.05, 3.63) is 64.0 Å². The van der Waals surface area contributed by atoms with Crippen molar-refractivity contribution in [3.63, 3.8) is 0 Å². The van der Waals surface area contributed by atoms with E-state index in [1.165, 1.54) is 11.8 Å². The summed E-state index contributed by atoms with van der Waals surface area (Å²) in [6, 6.07) is 6.88. The Morgan fingerprint density at radius 2 is 2.07 bits per heavy atom. The smallest absolute Gasteiger partial charge is 0.357 e. The number of methoxy groups -OCH3 is 1. The van der Waals surface area contributed by atoms with E-state index < -0.39 is 12.1 Å². The largest absolute Gasteiger partial charge is 0.467 e. The number of hydrogen-bond acceptors (Lipinski definition) is 7. The number of ether oxygens (including phenoxy) is 2. The number of amidine groups is 1. The highest BCUT2D eigenvalue weighted by molar-refractivity contribution is 6.30. The van der Waals surface area contributed by atoms with E-state index in [1.54, 1.807) is 50.3 Å². The molecule has 0 bridgehead atoms. The number of allylic oxidation sites excluding steroid dienone is 1. The number of hydrogen-bond donors (Lipinski definition) is 1. The molecule has 0 saturated carbocycles. The van der Waals surface area contributed by atoms with Crippen LogP contribution in [0.3, 0.4) is 0 Å². The lowest BCUT2D eigenvalue weighted by atomic mass is 9.99. The maximum absolute atomic E-state index is 12.8. The van der Waals surface area contributed by atoms with Crippen LogP contribution in [0.5, 0.6) is 0 Å². The maximum atomic E-state index is 12.8. The molecule has 1 aromatic carbocycles. The number of aliphatic hydroxyl groups is 1. The van der Waals surface area contributed by atoms with Crippen LogP contribution < -0.4 is 0 Å². The summed E-state index contributed by atoms with van der Waals surface area (Å²) in [6.07, 6.45) is 2.35. The van der Waals surface area contributed by atoms with Crippen LogP contribution in [-0.2, 0) is 9.47 Å². The first-order valence-electron chi connectivity index (χ1n) is 9.00. The van der Waals surface area contributed by atoms with Crippen molar-refractivity contribution in [2.75, 3.05) is 20.3 Å². The van der Waals surface area contributed by atoms with Gasteiger partial charge in [0, 0.05) is 10.6 Å². The van der Waals surface area contributed by atoms with Crippen LogP contribution >= 0.6 is 11.6 Å². The molecule has 1 N–H and O–H groups in total. The van der Waals surface area contributed by atoms with Gasteiger partial charge in [-0.1, -0.05) is 29.8 Å². The molecule has 0 amide bonds. The van der Waals surface area contributed by atoms with E-state index in [2.05, 4.69) is 15.1 Å². The molecule has 2 heterocycles. The number of aryl methyl sites for hydroxylation is 1. The number of rotatable bonds is 4. The summed E-state index contributed by atoms with van der Waals surface area (Å²) >= 11 is 5.95. The van der Waals surface area contributed by atoms with E-state index in [9.17, 15) is 9.90 Å². The minimum absolute atomic E-state index is 0.0903. The fraction of sp³-hybridized carbons (Fsp3) is 0.300. The third kappa shape index (κ3) is 4.38. The predicted octanol–water partition coefficient (Wildman–Crippen LogP) is 2.92. The van der Waals surface area contributed by atoms with Crippen molar-refractivity contribution in [2.24, 2.45) is 9.98 Å². The van der Waals surface area contributed by atoms with Gasteiger partial charge in [0.25, 0.3) is 0 Å². The summed E-state index contributed by atoms with van der Waals surface area (Å²) in [5, 5.41) is 16.0. The van der Waals surface area contributed by atoms with Gasteiger partial charge in [0.2, 0.25) is 0 Å². The third-order valence-corrected chi connectivity index (χ3v) is 4.50. The number of halogens is 1. The normalized spacial score (nSPS) is 14.7. The lowest BCUT2D eigenvalue weighted by molar-refractivity contribution is 0.0511. The first kappa shape index (κ1) is 20.8.